The van der Waals surface area contributed by atoms with Crippen LogP contribution in [0.1, 0.15) is 42.9 Å². The van der Waals surface area contributed by atoms with Gasteiger partial charge < -0.3 is 19.5 Å². The number of fused-ring (bicyclic) bond motifs is 1. The first-order chi connectivity index (χ1) is 19.4. The average Bonchev–Trinajstić information content (AvgIpc) is 3.33. The molecule has 7 nitrogen and oxygen atoms in total. The van der Waals surface area contributed by atoms with Crippen molar-refractivity contribution in [3.05, 3.63) is 88.7 Å². The van der Waals surface area contributed by atoms with E-state index in [9.17, 15) is 19.1 Å². The van der Waals surface area contributed by atoms with Gasteiger partial charge in [0, 0.05) is 35.8 Å². The lowest BCUT2D eigenvalue weighted by molar-refractivity contribution is -0.143. The van der Waals surface area contributed by atoms with E-state index in [2.05, 4.69) is 6.92 Å². The minimum Gasteiger partial charge on any atom is -0.486 e. The van der Waals surface area contributed by atoms with Crippen molar-refractivity contribution in [1.82, 2.24) is 4.90 Å². The first kappa shape index (κ1) is 27.9. The van der Waals surface area contributed by atoms with Crippen molar-refractivity contribution in [1.29, 1.82) is 0 Å². The second-order valence-corrected chi connectivity index (χ2v) is 10.6. The molecule has 1 N–H and O–H groups in total. The summed E-state index contributed by atoms with van der Waals surface area (Å²) in [5.74, 6) is -1.67. The van der Waals surface area contributed by atoms with Crippen molar-refractivity contribution in [2.45, 2.75) is 31.7 Å². The number of amides is 1. The molecule has 0 saturated carbocycles. The predicted octanol–water partition coefficient (Wildman–Crippen LogP) is 5.92. The van der Waals surface area contributed by atoms with Crippen molar-refractivity contribution in [2.24, 2.45) is 5.92 Å². The van der Waals surface area contributed by atoms with E-state index in [0.717, 1.165) is 18.4 Å². The van der Waals surface area contributed by atoms with Crippen molar-refractivity contribution in [2.75, 3.05) is 37.7 Å². The number of carboxylic acid groups (broad SMARTS) is 1. The molecule has 0 bridgehead atoms. The Morgan fingerprint density at radius 1 is 1.02 bits per heavy atom. The maximum Gasteiger partial charge on any atom is 0.309 e. The van der Waals surface area contributed by atoms with Crippen LogP contribution in [-0.2, 0) is 9.59 Å². The van der Waals surface area contributed by atoms with Gasteiger partial charge in [0.25, 0.3) is 0 Å². The Labute approximate surface area is 238 Å². The molecule has 3 atom stereocenters. The van der Waals surface area contributed by atoms with Gasteiger partial charge in [-0.1, -0.05) is 49.2 Å². The lowest BCUT2D eigenvalue weighted by Crippen LogP contribution is -2.41. The molecule has 2 heterocycles. The monoisotopic (exact) mass is 566 g/mol. The minimum absolute atomic E-state index is 0.0108. The molecule has 40 heavy (non-hydrogen) atoms. The highest BCUT2D eigenvalue weighted by Gasteiger charge is 2.48. The fraction of sp³-hybridized carbons (Fsp3) is 0.355. The fourth-order valence-electron chi connectivity index (χ4n) is 5.70. The molecule has 1 saturated heterocycles. The van der Waals surface area contributed by atoms with Crippen LogP contribution in [0.5, 0.6) is 11.5 Å². The van der Waals surface area contributed by atoms with E-state index in [4.69, 9.17) is 21.1 Å². The van der Waals surface area contributed by atoms with Crippen molar-refractivity contribution >= 4 is 29.2 Å². The number of nitrogens with zero attached hydrogens (tertiary/aromatic N) is 2. The van der Waals surface area contributed by atoms with Gasteiger partial charge in [0.05, 0.1) is 12.5 Å². The minimum atomic E-state index is -0.984. The third-order valence-electron chi connectivity index (χ3n) is 7.58. The van der Waals surface area contributed by atoms with Crippen LogP contribution in [0.25, 0.3) is 0 Å². The summed E-state index contributed by atoms with van der Waals surface area (Å²) in [6.07, 6.45) is 1.71. The lowest BCUT2D eigenvalue weighted by Gasteiger charge is -2.30. The SMILES string of the molecule is CCCCN(C(=O)CN1C[C@H](c2ccc3c(c2)OCCO3)[C@H](C(=O)O)[C@H]1c1ccc(F)cc1)c1cccc(Cl)c1. The number of rotatable bonds is 9. The summed E-state index contributed by atoms with van der Waals surface area (Å²) >= 11 is 6.24. The number of hydrogen-bond donors (Lipinski definition) is 1. The van der Waals surface area contributed by atoms with Gasteiger partial charge in [0.15, 0.2) is 11.5 Å². The van der Waals surface area contributed by atoms with Crippen LogP contribution in [0.3, 0.4) is 0 Å². The second kappa shape index (κ2) is 12.3. The molecule has 3 aromatic rings. The summed E-state index contributed by atoms with van der Waals surface area (Å²) in [6, 6.07) is 17.9. The third-order valence-corrected chi connectivity index (χ3v) is 7.82. The van der Waals surface area contributed by atoms with Gasteiger partial charge in [-0.2, -0.15) is 0 Å². The van der Waals surface area contributed by atoms with Gasteiger partial charge in [-0.15, -0.1) is 0 Å². The number of anilines is 1. The molecule has 0 aliphatic carbocycles. The maximum absolute atomic E-state index is 13.9. The summed E-state index contributed by atoms with van der Waals surface area (Å²) in [4.78, 5) is 30.3. The first-order valence-corrected chi connectivity index (χ1v) is 13.9. The Hall–Kier alpha value is -3.62. The topological polar surface area (TPSA) is 79.3 Å². The second-order valence-electron chi connectivity index (χ2n) is 10.2. The molecule has 2 aliphatic heterocycles. The number of benzene rings is 3. The van der Waals surface area contributed by atoms with E-state index in [1.807, 2.05) is 23.1 Å². The van der Waals surface area contributed by atoms with Crippen molar-refractivity contribution in [3.63, 3.8) is 0 Å². The van der Waals surface area contributed by atoms with Crippen LogP contribution >= 0.6 is 11.6 Å². The van der Waals surface area contributed by atoms with Crippen LogP contribution in [0.4, 0.5) is 10.1 Å². The molecule has 9 heteroatoms. The number of carboxylic acids is 1. The summed E-state index contributed by atoms with van der Waals surface area (Å²) < 4.78 is 25.3. The van der Waals surface area contributed by atoms with E-state index in [0.29, 0.717) is 54.1 Å². The Morgan fingerprint density at radius 3 is 2.45 bits per heavy atom. The number of halogens is 2. The van der Waals surface area contributed by atoms with Gasteiger partial charge >= 0.3 is 5.97 Å². The summed E-state index contributed by atoms with van der Waals surface area (Å²) in [6.45, 7) is 3.75. The number of unbranched alkanes of at least 4 members (excludes halogenated alkanes) is 1. The number of aliphatic carboxylic acids is 1. The highest BCUT2D eigenvalue weighted by atomic mass is 35.5. The predicted molar refractivity (Wildman–Crippen MR) is 151 cm³/mol. The Kier molecular flexibility index (Phi) is 8.57. The first-order valence-electron chi connectivity index (χ1n) is 13.5. The highest BCUT2D eigenvalue weighted by molar-refractivity contribution is 6.30. The summed E-state index contributed by atoms with van der Waals surface area (Å²) in [7, 11) is 0. The zero-order valence-corrected chi connectivity index (χ0v) is 23.0. The number of hydrogen-bond acceptors (Lipinski definition) is 5. The van der Waals surface area contributed by atoms with E-state index >= 15 is 0 Å². The third kappa shape index (κ3) is 5.93. The molecule has 210 valence electrons. The van der Waals surface area contributed by atoms with Crippen LogP contribution in [0.15, 0.2) is 66.7 Å². The average molecular weight is 567 g/mol. The number of ether oxygens (including phenoxy) is 2. The smallest absolute Gasteiger partial charge is 0.309 e. The molecule has 1 amide bonds. The lowest BCUT2D eigenvalue weighted by atomic mass is 9.82. The summed E-state index contributed by atoms with van der Waals surface area (Å²) in [5, 5.41) is 11.0. The van der Waals surface area contributed by atoms with E-state index in [1.165, 1.54) is 12.1 Å². The molecule has 0 unspecified atom stereocenters. The molecule has 3 aromatic carbocycles. The van der Waals surface area contributed by atoms with Gasteiger partial charge in [-0.3, -0.25) is 14.5 Å². The van der Waals surface area contributed by atoms with Gasteiger partial charge in [-0.05, 0) is 60.0 Å². The van der Waals surface area contributed by atoms with Crippen LogP contribution in [-0.4, -0.2) is 54.7 Å². The van der Waals surface area contributed by atoms with Gasteiger partial charge in [-0.25, -0.2) is 4.39 Å². The molecule has 2 aliphatic rings. The molecule has 1 fully saturated rings. The molecule has 0 radical (unpaired) electrons. The fourth-order valence-corrected chi connectivity index (χ4v) is 5.88. The summed E-state index contributed by atoms with van der Waals surface area (Å²) in [5.41, 5.74) is 2.13. The quantitative estimate of drug-likeness (QED) is 0.346. The van der Waals surface area contributed by atoms with Crippen molar-refractivity contribution in [3.8, 4) is 11.5 Å². The van der Waals surface area contributed by atoms with E-state index in [-0.39, 0.29) is 12.5 Å². The van der Waals surface area contributed by atoms with Crippen LogP contribution in [0.2, 0.25) is 5.02 Å². The zero-order chi connectivity index (χ0) is 28.2. The van der Waals surface area contributed by atoms with Crippen LogP contribution < -0.4 is 14.4 Å². The standard InChI is InChI=1S/C31H32ClFN2O5/c1-2-3-13-35(24-6-4-5-22(32)17-24)28(36)19-34-18-25(21-9-12-26-27(16-21)40-15-14-39-26)29(31(37)38)30(34)20-7-10-23(33)11-8-20/h4-12,16-17,25,29-30H,2-3,13-15,18-19H2,1H3,(H,37,38)/t25-,29+,30-/m1/s1. The zero-order valence-electron chi connectivity index (χ0n) is 22.3. The maximum atomic E-state index is 13.9. The highest BCUT2D eigenvalue weighted by Crippen LogP contribution is 2.47. The molecular formula is C31H32ClFN2O5. The molecular weight excluding hydrogens is 535 g/mol. The number of likely N-dealkylation sites (tertiary alicyclic amines) is 1. The van der Waals surface area contributed by atoms with Crippen LogP contribution in [0, 0.1) is 11.7 Å². The number of carbonyl (C=O) groups excluding carboxylic acids is 1. The Balaban J connectivity index is 1.51. The molecule has 0 spiro atoms. The van der Waals surface area contributed by atoms with Gasteiger partial charge in [0.2, 0.25) is 5.91 Å². The van der Waals surface area contributed by atoms with E-state index < -0.39 is 29.7 Å². The largest absolute Gasteiger partial charge is 0.486 e. The Morgan fingerprint density at radius 2 is 1.75 bits per heavy atom. The number of carbonyl (C=O) groups is 2. The molecule has 0 aromatic heterocycles. The Bertz CT molecular complexity index is 1370. The normalized spacial score (nSPS) is 20.3. The van der Waals surface area contributed by atoms with Gasteiger partial charge in [0.1, 0.15) is 19.0 Å². The van der Waals surface area contributed by atoms with Crippen molar-refractivity contribution < 1.29 is 28.6 Å². The van der Waals surface area contributed by atoms with E-state index in [1.54, 1.807) is 41.3 Å². The molecule has 5 rings (SSSR count).